The van der Waals surface area contributed by atoms with Crippen molar-refractivity contribution >= 4 is 12.2 Å². The Hall–Kier alpha value is -6.03. The first-order valence-corrected chi connectivity index (χ1v) is 22.9. The molecule has 7 rings (SSSR count). The summed E-state index contributed by atoms with van der Waals surface area (Å²) in [4.78, 5) is 45.4. The van der Waals surface area contributed by atoms with Gasteiger partial charge < -0.3 is 52.2 Å². The smallest absolute Gasteiger partial charge is 0.410 e. The van der Waals surface area contributed by atoms with E-state index in [1.54, 1.807) is 40.7 Å². The lowest BCUT2D eigenvalue weighted by atomic mass is 10.1. The van der Waals surface area contributed by atoms with Gasteiger partial charge in [0.25, 0.3) is 0 Å². The lowest BCUT2D eigenvalue weighted by Crippen LogP contribution is -2.55. The van der Waals surface area contributed by atoms with Crippen molar-refractivity contribution in [2.75, 3.05) is 52.7 Å². The van der Waals surface area contributed by atoms with Crippen LogP contribution >= 0.6 is 0 Å². The van der Waals surface area contributed by atoms with Crippen molar-refractivity contribution in [1.29, 1.82) is 0 Å². The molecule has 0 aliphatic carbocycles. The van der Waals surface area contributed by atoms with Gasteiger partial charge in [-0.2, -0.15) is 0 Å². The molecule has 68 heavy (non-hydrogen) atoms. The molecule has 4 fully saturated rings. The van der Waals surface area contributed by atoms with E-state index in [1.165, 1.54) is 0 Å². The highest BCUT2D eigenvalue weighted by atomic mass is 16.7. The molecule has 3 aromatic heterocycles. The van der Waals surface area contributed by atoms with E-state index in [0.717, 1.165) is 63.5 Å². The van der Waals surface area contributed by atoms with E-state index >= 15 is 0 Å². The topological polar surface area (TPSA) is 209 Å². The summed E-state index contributed by atoms with van der Waals surface area (Å²) in [5, 5.41) is 14.0. The molecule has 19 heteroatoms. The fourth-order valence-corrected chi connectivity index (χ4v) is 6.58. The van der Waals surface area contributed by atoms with Crippen molar-refractivity contribution in [3.05, 3.63) is 83.2 Å². The lowest BCUT2D eigenvalue weighted by Gasteiger charge is -2.40. The number of ether oxygens (including phenoxy) is 8. The quantitative estimate of drug-likeness (QED) is 0.0643. The van der Waals surface area contributed by atoms with Crippen molar-refractivity contribution in [3.63, 3.8) is 0 Å². The average molecular weight is 949 g/mol. The second-order valence-corrected chi connectivity index (χ2v) is 18.1. The fraction of sp³-hybridized carbons (Fsp3) is 0.592. The molecule has 2 amide bonds. The van der Waals surface area contributed by atoms with E-state index in [0.29, 0.717) is 68.0 Å². The van der Waals surface area contributed by atoms with Gasteiger partial charge in [0.1, 0.15) is 48.2 Å². The number of likely N-dealkylation sites (tertiary alicyclic amines) is 2. The van der Waals surface area contributed by atoms with Crippen LogP contribution in [0, 0.1) is 22.5 Å². The number of pyridine rings is 2. The number of nitro groups is 1. The number of carbonyl (C=O) groups is 2. The Balaban J connectivity index is 0.000000239. The number of nitrogens with zero attached hydrogens (tertiary/aromatic N) is 6. The van der Waals surface area contributed by atoms with Gasteiger partial charge in [0.15, 0.2) is 18.3 Å². The minimum atomic E-state index is -0.513. The predicted octanol–water partition coefficient (Wildman–Crippen LogP) is 8.38. The standard InChI is InChI=1S/C23H31N3O6.C16H20N2O3.C7H13NO4.C3H4/c1-23(2,3)31-22(27)26-8-7-18(26)15-29-19-10-16(12-24-13-19)20-11-17(25-32-20)14-30-21-6-4-5-9-28-21;1-5-12-8-14(10-17-9-12)20-11-13-6-7-18(13)15(19)21-16(2,3)4;9-8(10)4-6-12-7-3-1-2-5-11-7;1-3-2/h10-13,18,21H,4-9,14-15H2,1-3H3;1,8-10,13H,6-7,11H2,2-4H3;7H,1-6H2;1-2H2/t18-,21?;13-;;/m00../s1. The molecule has 4 aliphatic rings. The first-order valence-electron chi connectivity index (χ1n) is 22.9. The second kappa shape index (κ2) is 27.7. The maximum Gasteiger partial charge on any atom is 0.410 e. The van der Waals surface area contributed by atoms with Crippen molar-refractivity contribution in [3.8, 4) is 35.2 Å². The highest BCUT2D eigenvalue weighted by molar-refractivity contribution is 5.70. The summed E-state index contributed by atoms with van der Waals surface area (Å²) in [6, 6.07) is 5.46. The molecule has 0 N–H and O–H groups in total. The molecule has 19 nitrogen and oxygen atoms in total. The number of carbonyl (C=O) groups excluding carboxylic acids is 2. The molecule has 0 spiro atoms. The third-order valence-electron chi connectivity index (χ3n) is 10.1. The van der Waals surface area contributed by atoms with Crippen LogP contribution in [0.3, 0.4) is 0 Å². The third-order valence-corrected chi connectivity index (χ3v) is 10.1. The van der Waals surface area contributed by atoms with Crippen molar-refractivity contribution in [2.45, 2.75) is 135 Å². The summed E-state index contributed by atoms with van der Waals surface area (Å²) in [6.07, 6.45) is 18.8. The summed E-state index contributed by atoms with van der Waals surface area (Å²) in [5.74, 6) is 4.31. The molecule has 4 saturated heterocycles. The third kappa shape index (κ3) is 20.1. The molecule has 4 atom stereocenters. The van der Waals surface area contributed by atoms with Crippen LogP contribution in [-0.2, 0) is 35.0 Å². The van der Waals surface area contributed by atoms with Gasteiger partial charge in [-0.15, -0.1) is 12.2 Å². The van der Waals surface area contributed by atoms with Gasteiger partial charge in [0, 0.05) is 60.8 Å². The van der Waals surface area contributed by atoms with Crippen LogP contribution < -0.4 is 9.47 Å². The maximum atomic E-state index is 12.3. The molecular weight excluding hydrogens is 881 g/mol. The molecule has 0 bridgehead atoms. The minimum Gasteiger partial charge on any atom is -0.490 e. The summed E-state index contributed by atoms with van der Waals surface area (Å²) in [5.41, 5.74) is 3.38. The Morgan fingerprint density at radius 2 is 1.32 bits per heavy atom. The highest BCUT2D eigenvalue weighted by Crippen LogP contribution is 2.27. The zero-order valence-electron chi connectivity index (χ0n) is 40.4. The number of terminal acetylenes is 1. The van der Waals surface area contributed by atoms with E-state index in [9.17, 15) is 19.7 Å². The normalized spacial score (nSPS) is 19.7. The summed E-state index contributed by atoms with van der Waals surface area (Å²) >= 11 is 0. The van der Waals surface area contributed by atoms with Crippen LogP contribution in [0.15, 0.2) is 66.4 Å². The monoisotopic (exact) mass is 948 g/mol. The number of amides is 2. The summed E-state index contributed by atoms with van der Waals surface area (Å²) in [7, 11) is 0. The molecule has 372 valence electrons. The fourth-order valence-electron chi connectivity index (χ4n) is 6.58. The first-order chi connectivity index (χ1) is 32.5. The highest BCUT2D eigenvalue weighted by Gasteiger charge is 2.37. The molecule has 2 unspecified atom stereocenters. The minimum absolute atomic E-state index is 0.00968. The Bertz CT molecular complexity index is 2090. The average Bonchev–Trinajstić information content (AvgIpc) is 3.75. The first kappa shape index (κ1) is 54.6. The Morgan fingerprint density at radius 1 is 0.794 bits per heavy atom. The van der Waals surface area contributed by atoms with Crippen molar-refractivity contribution in [1.82, 2.24) is 24.9 Å². The molecule has 7 heterocycles. The SMILES string of the molecule is C#Cc1cncc(OC[C@@H]2CCN2C(=O)OC(C)(C)C)c1.C=C=C.CC(C)(C)OC(=O)N1CC[C@H]1COc1cncc(-c2cc(COC3CCCCO3)no2)c1.O=[N+]([O-])CCOC1CCCCO1. The van der Waals surface area contributed by atoms with E-state index < -0.39 is 11.2 Å². The second-order valence-electron chi connectivity index (χ2n) is 18.1. The van der Waals surface area contributed by atoms with Crippen molar-refractivity contribution < 1.29 is 56.9 Å². The van der Waals surface area contributed by atoms with E-state index in [-0.39, 0.29) is 54.9 Å². The Morgan fingerprint density at radius 3 is 1.79 bits per heavy atom. The molecular formula is C49H68N6O13. The van der Waals surface area contributed by atoms with Crippen molar-refractivity contribution in [2.24, 2.45) is 0 Å². The molecule has 4 aliphatic heterocycles. The maximum absolute atomic E-state index is 12.3. The van der Waals surface area contributed by atoms with E-state index in [4.69, 9.17) is 48.8 Å². The van der Waals surface area contributed by atoms with Gasteiger partial charge in [0.05, 0.1) is 31.1 Å². The van der Waals surface area contributed by atoms with Gasteiger partial charge >= 0.3 is 12.2 Å². The number of aromatic nitrogens is 3. The van der Waals surface area contributed by atoms with E-state index in [1.807, 2.05) is 53.7 Å². The molecule has 0 aromatic carbocycles. The van der Waals surface area contributed by atoms with Gasteiger partial charge in [-0.25, -0.2) is 9.59 Å². The van der Waals surface area contributed by atoms with Gasteiger partial charge in [-0.05, 0) is 105 Å². The largest absolute Gasteiger partial charge is 0.490 e. The molecule has 0 radical (unpaired) electrons. The van der Waals surface area contributed by atoms with Gasteiger partial charge in [-0.1, -0.05) is 24.2 Å². The van der Waals surface area contributed by atoms with Crippen LogP contribution in [0.1, 0.15) is 104 Å². The number of rotatable bonds is 14. The van der Waals surface area contributed by atoms with Crippen LogP contribution in [-0.4, -0.2) is 131 Å². The van der Waals surface area contributed by atoms with Crippen LogP contribution in [0.2, 0.25) is 0 Å². The van der Waals surface area contributed by atoms with Gasteiger partial charge in [-0.3, -0.25) is 20.1 Å². The zero-order chi connectivity index (χ0) is 49.5. The molecule has 3 aromatic rings. The van der Waals surface area contributed by atoms with Crippen LogP contribution in [0.4, 0.5) is 9.59 Å². The Kier molecular flexibility index (Phi) is 22.2. The predicted molar refractivity (Wildman–Crippen MR) is 250 cm³/mol. The lowest BCUT2D eigenvalue weighted by molar-refractivity contribution is -0.485. The summed E-state index contributed by atoms with van der Waals surface area (Å²) in [6.45, 7) is 21.4. The molecule has 0 saturated carbocycles. The number of hydrogen-bond acceptors (Lipinski definition) is 16. The van der Waals surface area contributed by atoms with E-state index in [2.05, 4.69) is 39.9 Å². The van der Waals surface area contributed by atoms with Gasteiger partial charge in [0.2, 0.25) is 6.54 Å². The van der Waals surface area contributed by atoms with Crippen LogP contribution in [0.25, 0.3) is 11.3 Å². The zero-order valence-corrected chi connectivity index (χ0v) is 40.4. The number of hydrogen-bond donors (Lipinski definition) is 0. The summed E-state index contributed by atoms with van der Waals surface area (Å²) < 4.78 is 49.5. The Labute approximate surface area is 399 Å². The van der Waals surface area contributed by atoms with Crippen LogP contribution in [0.5, 0.6) is 11.5 Å².